The van der Waals surface area contributed by atoms with E-state index in [2.05, 4.69) is 5.32 Å². The summed E-state index contributed by atoms with van der Waals surface area (Å²) in [4.78, 5) is 38.7. The van der Waals surface area contributed by atoms with Crippen LogP contribution in [-0.4, -0.2) is 49.4 Å². The molecule has 3 rings (SSSR count). The fourth-order valence-electron chi connectivity index (χ4n) is 3.37. The normalized spacial score (nSPS) is 13.3. The van der Waals surface area contributed by atoms with Gasteiger partial charge in [0, 0.05) is 49.7 Å². The van der Waals surface area contributed by atoms with Gasteiger partial charge in [-0.3, -0.25) is 19.3 Å². The molecule has 142 valence electrons. The predicted octanol–water partition coefficient (Wildman–Crippen LogP) is 2.76. The lowest BCUT2D eigenvalue weighted by atomic mass is 9.94. The molecule has 0 radical (unpaired) electrons. The van der Waals surface area contributed by atoms with Gasteiger partial charge in [-0.05, 0) is 36.8 Å². The Kier molecular flexibility index (Phi) is 6.19. The third kappa shape index (κ3) is 4.17. The minimum atomic E-state index is -0.288. The van der Waals surface area contributed by atoms with Gasteiger partial charge in [-0.1, -0.05) is 24.3 Å². The van der Waals surface area contributed by atoms with E-state index in [4.69, 9.17) is 4.74 Å². The maximum Gasteiger partial charge on any atom is 0.261 e. The molecule has 3 amide bonds. The standard InChI is InChI=1S/C21H24N2O4/c1-27-14-3-2-12-22-18(24)11-6-13-23-20(25)16-9-4-7-15-8-5-10-17(19(15)16)21(23)26/h4-5,7-10H,2-3,6,11-14H2,1H3,(H,22,24). The smallest absolute Gasteiger partial charge is 0.261 e. The molecular formula is C21H24N2O4. The summed E-state index contributed by atoms with van der Waals surface area (Å²) in [7, 11) is 1.65. The summed E-state index contributed by atoms with van der Waals surface area (Å²) in [6.45, 7) is 1.53. The number of hydrogen-bond donors (Lipinski definition) is 1. The minimum Gasteiger partial charge on any atom is -0.385 e. The van der Waals surface area contributed by atoms with Gasteiger partial charge in [-0.15, -0.1) is 0 Å². The second kappa shape index (κ2) is 8.77. The van der Waals surface area contributed by atoms with Crippen LogP contribution in [-0.2, 0) is 9.53 Å². The Balaban J connectivity index is 1.57. The highest BCUT2D eigenvalue weighted by Gasteiger charge is 2.32. The summed E-state index contributed by atoms with van der Waals surface area (Å²) in [5.41, 5.74) is 1.09. The molecule has 1 N–H and O–H groups in total. The highest BCUT2D eigenvalue weighted by Crippen LogP contribution is 2.29. The van der Waals surface area contributed by atoms with Gasteiger partial charge in [0.2, 0.25) is 5.91 Å². The van der Waals surface area contributed by atoms with Crippen molar-refractivity contribution in [1.29, 1.82) is 0 Å². The number of rotatable bonds is 9. The molecule has 0 atom stereocenters. The van der Waals surface area contributed by atoms with E-state index in [-0.39, 0.29) is 30.7 Å². The fourth-order valence-corrected chi connectivity index (χ4v) is 3.37. The first-order chi connectivity index (χ1) is 13.1. The van der Waals surface area contributed by atoms with Gasteiger partial charge >= 0.3 is 0 Å². The second-order valence-corrected chi connectivity index (χ2v) is 6.62. The molecule has 6 heteroatoms. The Hall–Kier alpha value is -2.73. The molecule has 27 heavy (non-hydrogen) atoms. The lowest BCUT2D eigenvalue weighted by Crippen LogP contribution is -2.41. The Morgan fingerprint density at radius 2 is 1.67 bits per heavy atom. The summed E-state index contributed by atoms with van der Waals surface area (Å²) in [6.07, 6.45) is 2.49. The van der Waals surface area contributed by atoms with Crippen molar-refractivity contribution >= 4 is 28.5 Å². The van der Waals surface area contributed by atoms with Gasteiger partial charge in [0.25, 0.3) is 11.8 Å². The number of carbonyl (C=O) groups is 3. The summed E-state index contributed by atoms with van der Waals surface area (Å²) in [6, 6.07) is 10.9. The molecule has 0 fully saturated rings. The molecule has 0 aliphatic carbocycles. The number of imide groups is 1. The van der Waals surface area contributed by atoms with E-state index in [0.717, 1.165) is 23.6 Å². The maximum absolute atomic E-state index is 12.8. The van der Waals surface area contributed by atoms with E-state index in [1.165, 1.54) is 4.90 Å². The van der Waals surface area contributed by atoms with Crippen molar-refractivity contribution in [2.45, 2.75) is 25.7 Å². The number of benzene rings is 2. The molecule has 0 unspecified atom stereocenters. The molecule has 0 aromatic heterocycles. The van der Waals surface area contributed by atoms with Gasteiger partial charge < -0.3 is 10.1 Å². The van der Waals surface area contributed by atoms with Crippen LogP contribution in [0.4, 0.5) is 0 Å². The predicted molar refractivity (Wildman–Crippen MR) is 103 cm³/mol. The molecule has 0 saturated heterocycles. The van der Waals surface area contributed by atoms with Crippen LogP contribution in [0.1, 0.15) is 46.4 Å². The van der Waals surface area contributed by atoms with Crippen molar-refractivity contribution in [2.24, 2.45) is 0 Å². The summed E-state index contributed by atoms with van der Waals surface area (Å²) < 4.78 is 4.96. The van der Waals surface area contributed by atoms with Crippen LogP contribution in [0.2, 0.25) is 0 Å². The quantitative estimate of drug-likeness (QED) is 0.545. The Labute approximate surface area is 158 Å². The van der Waals surface area contributed by atoms with Crippen LogP contribution in [0.5, 0.6) is 0 Å². The minimum absolute atomic E-state index is 0.0631. The Bertz CT molecular complexity index is 812. The highest BCUT2D eigenvalue weighted by molar-refractivity contribution is 6.25. The van der Waals surface area contributed by atoms with Crippen LogP contribution in [0, 0.1) is 0 Å². The zero-order valence-corrected chi connectivity index (χ0v) is 15.5. The van der Waals surface area contributed by atoms with Crippen molar-refractivity contribution in [3.05, 3.63) is 47.5 Å². The van der Waals surface area contributed by atoms with Crippen molar-refractivity contribution in [2.75, 3.05) is 26.8 Å². The van der Waals surface area contributed by atoms with E-state index >= 15 is 0 Å². The van der Waals surface area contributed by atoms with Crippen molar-refractivity contribution in [1.82, 2.24) is 10.2 Å². The Morgan fingerprint density at radius 1 is 1.00 bits per heavy atom. The number of nitrogens with zero attached hydrogens (tertiary/aromatic N) is 1. The molecule has 1 aliphatic rings. The maximum atomic E-state index is 12.8. The number of hydrogen-bond acceptors (Lipinski definition) is 4. The number of carbonyl (C=O) groups excluding carboxylic acids is 3. The van der Waals surface area contributed by atoms with E-state index in [1.54, 1.807) is 19.2 Å². The SMILES string of the molecule is COCCCCNC(=O)CCCN1C(=O)c2cccc3cccc(c23)C1=O. The molecule has 0 bridgehead atoms. The van der Waals surface area contributed by atoms with Crippen LogP contribution >= 0.6 is 0 Å². The molecule has 2 aromatic rings. The van der Waals surface area contributed by atoms with E-state index in [9.17, 15) is 14.4 Å². The molecule has 2 aromatic carbocycles. The largest absolute Gasteiger partial charge is 0.385 e. The molecular weight excluding hydrogens is 344 g/mol. The van der Waals surface area contributed by atoms with Crippen LogP contribution in [0.15, 0.2) is 36.4 Å². The summed E-state index contributed by atoms with van der Waals surface area (Å²) >= 11 is 0. The van der Waals surface area contributed by atoms with Crippen LogP contribution in [0.3, 0.4) is 0 Å². The van der Waals surface area contributed by atoms with Gasteiger partial charge in [0.15, 0.2) is 0 Å². The van der Waals surface area contributed by atoms with Gasteiger partial charge in [0.1, 0.15) is 0 Å². The lowest BCUT2D eigenvalue weighted by Gasteiger charge is -2.27. The fraction of sp³-hybridized carbons (Fsp3) is 0.381. The van der Waals surface area contributed by atoms with Gasteiger partial charge in [-0.2, -0.15) is 0 Å². The Morgan fingerprint density at radius 3 is 2.30 bits per heavy atom. The highest BCUT2D eigenvalue weighted by atomic mass is 16.5. The number of unbranched alkanes of at least 4 members (excludes halogenated alkanes) is 1. The van der Waals surface area contributed by atoms with Crippen LogP contribution < -0.4 is 5.32 Å². The van der Waals surface area contributed by atoms with Crippen molar-refractivity contribution in [3.8, 4) is 0 Å². The first kappa shape index (κ1) is 19.0. The molecule has 0 saturated carbocycles. The van der Waals surface area contributed by atoms with E-state index in [0.29, 0.717) is 30.7 Å². The van der Waals surface area contributed by atoms with Gasteiger partial charge in [0.05, 0.1) is 0 Å². The topological polar surface area (TPSA) is 75.7 Å². The number of methoxy groups -OCH3 is 1. The third-order valence-corrected chi connectivity index (χ3v) is 4.74. The van der Waals surface area contributed by atoms with Gasteiger partial charge in [-0.25, -0.2) is 0 Å². The van der Waals surface area contributed by atoms with Crippen molar-refractivity contribution < 1.29 is 19.1 Å². The number of nitrogens with one attached hydrogen (secondary N) is 1. The number of amides is 3. The summed E-state index contributed by atoms with van der Waals surface area (Å²) in [5, 5.41) is 4.46. The summed E-state index contributed by atoms with van der Waals surface area (Å²) in [5.74, 6) is -0.639. The molecule has 1 heterocycles. The second-order valence-electron chi connectivity index (χ2n) is 6.62. The average molecular weight is 368 g/mol. The first-order valence-corrected chi connectivity index (χ1v) is 9.27. The molecule has 1 aliphatic heterocycles. The molecule has 6 nitrogen and oxygen atoms in total. The number of ether oxygens (including phenoxy) is 1. The molecule has 0 spiro atoms. The first-order valence-electron chi connectivity index (χ1n) is 9.27. The zero-order valence-electron chi connectivity index (χ0n) is 15.5. The van der Waals surface area contributed by atoms with Crippen LogP contribution in [0.25, 0.3) is 10.8 Å². The van der Waals surface area contributed by atoms with Crippen molar-refractivity contribution in [3.63, 3.8) is 0 Å². The third-order valence-electron chi connectivity index (χ3n) is 4.74. The van der Waals surface area contributed by atoms with E-state index in [1.807, 2.05) is 24.3 Å². The average Bonchev–Trinajstić information content (AvgIpc) is 2.68. The lowest BCUT2D eigenvalue weighted by molar-refractivity contribution is -0.121. The van der Waals surface area contributed by atoms with E-state index < -0.39 is 0 Å². The zero-order chi connectivity index (χ0) is 19.2. The monoisotopic (exact) mass is 368 g/mol.